The summed E-state index contributed by atoms with van der Waals surface area (Å²) in [5, 5.41) is 13.3. The summed E-state index contributed by atoms with van der Waals surface area (Å²) in [6, 6.07) is 7.13. The summed E-state index contributed by atoms with van der Waals surface area (Å²) in [5.41, 5.74) is 6.92. The van der Waals surface area contributed by atoms with Crippen LogP contribution in [0.15, 0.2) is 28.7 Å². The van der Waals surface area contributed by atoms with Crippen LogP contribution in [0.4, 0.5) is 5.69 Å². The number of hydrogen-bond donors (Lipinski definition) is 4. The maximum absolute atomic E-state index is 10.1. The van der Waals surface area contributed by atoms with Crippen LogP contribution >= 0.6 is 12.2 Å². The number of para-hydroxylation sites is 1. The van der Waals surface area contributed by atoms with Crippen molar-refractivity contribution < 1.29 is 19.0 Å². The van der Waals surface area contributed by atoms with Gasteiger partial charge in [-0.2, -0.15) is 0 Å². The van der Waals surface area contributed by atoms with E-state index in [1.165, 1.54) is 0 Å². The molecule has 0 bridgehead atoms. The molecule has 4 N–H and O–H groups in total. The fourth-order valence-electron chi connectivity index (χ4n) is 2.06. The van der Waals surface area contributed by atoms with Gasteiger partial charge in [0.15, 0.2) is 11.3 Å². The van der Waals surface area contributed by atoms with Crippen molar-refractivity contribution in [2.75, 3.05) is 19.5 Å². The lowest BCUT2D eigenvalue weighted by atomic mass is 10.2. The van der Waals surface area contributed by atoms with E-state index in [0.29, 0.717) is 22.9 Å². The van der Waals surface area contributed by atoms with E-state index in [4.69, 9.17) is 26.1 Å². The topological polar surface area (TPSA) is 87.9 Å². The van der Waals surface area contributed by atoms with Gasteiger partial charge >= 0.3 is 0 Å². The highest BCUT2D eigenvalue weighted by Gasteiger charge is 2.15. The van der Waals surface area contributed by atoms with E-state index in [0.717, 1.165) is 11.3 Å². The van der Waals surface area contributed by atoms with E-state index >= 15 is 0 Å². The van der Waals surface area contributed by atoms with Crippen LogP contribution in [0.25, 0.3) is 0 Å². The molecule has 2 rings (SSSR count). The maximum atomic E-state index is 10.1. The molecule has 1 aromatic carbocycles. The van der Waals surface area contributed by atoms with Crippen LogP contribution in [-0.4, -0.2) is 24.4 Å². The molecule has 0 aliphatic heterocycles. The van der Waals surface area contributed by atoms with Gasteiger partial charge < -0.3 is 24.3 Å². The zero-order chi connectivity index (χ0) is 17.7. The summed E-state index contributed by atoms with van der Waals surface area (Å²) in [4.78, 5) is 0. The molecule has 0 radical (unpaired) electrons. The molecule has 0 saturated heterocycles. The zero-order valence-corrected chi connectivity index (χ0v) is 14.8. The summed E-state index contributed by atoms with van der Waals surface area (Å²) in [6.07, 6.45) is -1.04. The second-order valence-corrected chi connectivity index (χ2v) is 5.46. The lowest BCUT2D eigenvalue weighted by molar-refractivity contribution is 0.105. The molecule has 1 atom stereocenters. The molecule has 1 aromatic heterocycles. The number of rotatable bonds is 6. The van der Waals surface area contributed by atoms with E-state index in [1.807, 2.05) is 19.9 Å². The van der Waals surface area contributed by atoms with E-state index in [2.05, 4.69) is 16.2 Å². The van der Waals surface area contributed by atoms with Gasteiger partial charge in [0, 0.05) is 0 Å². The maximum Gasteiger partial charge on any atom is 0.185 e. The molecule has 130 valence electrons. The van der Waals surface area contributed by atoms with Gasteiger partial charge in [-0.05, 0) is 49.8 Å². The van der Waals surface area contributed by atoms with Gasteiger partial charge in [-0.25, -0.2) is 5.43 Å². The zero-order valence-electron chi connectivity index (χ0n) is 14.0. The standard InChI is InChI=1S/C16H21N3O4S/c1-9-8-13(23-10(9)2)15(20)18-19-16(24)17-14-11(21-3)6-5-7-12(14)22-4/h5-8,15,18,20H,1-4H3,(H2,17,19,24). The molecule has 7 nitrogen and oxygen atoms in total. The third-order valence-corrected chi connectivity index (χ3v) is 3.65. The Labute approximate surface area is 145 Å². The SMILES string of the molecule is COc1cccc(OC)c1NC(=S)NNC(O)c1cc(C)c(C)o1. The summed E-state index contributed by atoms with van der Waals surface area (Å²) in [5.74, 6) is 2.31. The molecule has 1 heterocycles. The van der Waals surface area contributed by atoms with E-state index in [9.17, 15) is 5.11 Å². The van der Waals surface area contributed by atoms with Crippen LogP contribution < -0.4 is 25.6 Å². The van der Waals surface area contributed by atoms with Crippen LogP contribution in [0.1, 0.15) is 23.3 Å². The Bertz CT molecular complexity index is 676. The van der Waals surface area contributed by atoms with Crippen molar-refractivity contribution in [1.82, 2.24) is 10.9 Å². The average molecular weight is 351 g/mol. The molecule has 0 aliphatic carbocycles. The largest absolute Gasteiger partial charge is 0.494 e. The fraction of sp³-hybridized carbons (Fsp3) is 0.312. The molecule has 0 amide bonds. The lowest BCUT2D eigenvalue weighted by Gasteiger charge is -2.17. The molecule has 0 spiro atoms. The first kappa shape index (κ1) is 18.1. The van der Waals surface area contributed by atoms with Crippen molar-refractivity contribution >= 4 is 23.0 Å². The van der Waals surface area contributed by atoms with E-state index < -0.39 is 6.23 Å². The second kappa shape index (κ2) is 8.00. The van der Waals surface area contributed by atoms with Gasteiger partial charge in [-0.1, -0.05) is 6.07 Å². The highest BCUT2D eigenvalue weighted by atomic mass is 32.1. The first-order valence-electron chi connectivity index (χ1n) is 7.24. The molecular formula is C16H21N3O4S. The number of furan rings is 1. The number of hydrazine groups is 1. The highest BCUT2D eigenvalue weighted by molar-refractivity contribution is 7.80. The van der Waals surface area contributed by atoms with Gasteiger partial charge in [-0.15, -0.1) is 0 Å². The van der Waals surface area contributed by atoms with Gasteiger partial charge in [0.25, 0.3) is 0 Å². The first-order valence-corrected chi connectivity index (χ1v) is 7.65. The molecule has 24 heavy (non-hydrogen) atoms. The van der Waals surface area contributed by atoms with Gasteiger partial charge in [-0.3, -0.25) is 5.43 Å². The number of hydrogen-bond acceptors (Lipinski definition) is 6. The third kappa shape index (κ3) is 4.16. The molecule has 2 aromatic rings. The smallest absolute Gasteiger partial charge is 0.185 e. The van der Waals surface area contributed by atoms with Crippen LogP contribution in [0.5, 0.6) is 11.5 Å². The predicted molar refractivity (Wildman–Crippen MR) is 95.2 cm³/mol. The number of ether oxygens (including phenoxy) is 2. The molecule has 0 saturated carbocycles. The number of nitrogens with one attached hydrogen (secondary N) is 3. The van der Waals surface area contributed by atoms with Crippen LogP contribution in [0.3, 0.4) is 0 Å². The summed E-state index contributed by atoms with van der Waals surface area (Å²) in [6.45, 7) is 3.74. The number of aliphatic hydroxyl groups excluding tert-OH is 1. The number of methoxy groups -OCH3 is 2. The van der Waals surface area contributed by atoms with Crippen molar-refractivity contribution in [3.8, 4) is 11.5 Å². The van der Waals surface area contributed by atoms with Crippen molar-refractivity contribution in [3.63, 3.8) is 0 Å². The normalized spacial score (nSPS) is 11.7. The number of aryl methyl sites for hydroxylation is 2. The molecule has 0 aliphatic rings. The average Bonchev–Trinajstić information content (AvgIpc) is 2.92. The predicted octanol–water partition coefficient (Wildman–Crippen LogP) is 2.40. The monoisotopic (exact) mass is 351 g/mol. The highest BCUT2D eigenvalue weighted by Crippen LogP contribution is 2.33. The van der Waals surface area contributed by atoms with Crippen molar-refractivity contribution in [3.05, 3.63) is 41.3 Å². The van der Waals surface area contributed by atoms with E-state index in [1.54, 1.807) is 32.4 Å². The third-order valence-electron chi connectivity index (χ3n) is 3.44. The Hall–Kier alpha value is -2.29. The first-order chi connectivity index (χ1) is 11.5. The Morgan fingerprint density at radius 3 is 2.33 bits per heavy atom. The number of aliphatic hydroxyl groups is 1. The minimum Gasteiger partial charge on any atom is -0.494 e. The number of thiocarbonyl (C=S) groups is 1. The van der Waals surface area contributed by atoms with Gasteiger partial charge in [0.1, 0.15) is 28.7 Å². The molecule has 1 unspecified atom stereocenters. The van der Waals surface area contributed by atoms with Gasteiger partial charge in [0.05, 0.1) is 14.2 Å². The van der Waals surface area contributed by atoms with Crippen LogP contribution in [0, 0.1) is 13.8 Å². The number of anilines is 1. The summed E-state index contributed by atoms with van der Waals surface area (Å²) in [7, 11) is 3.11. The second-order valence-electron chi connectivity index (χ2n) is 5.05. The minimum absolute atomic E-state index is 0.233. The van der Waals surface area contributed by atoms with Crippen molar-refractivity contribution in [2.24, 2.45) is 0 Å². The minimum atomic E-state index is -1.04. The van der Waals surface area contributed by atoms with Crippen LogP contribution in [0.2, 0.25) is 0 Å². The van der Waals surface area contributed by atoms with Crippen molar-refractivity contribution in [2.45, 2.75) is 20.1 Å². The van der Waals surface area contributed by atoms with Crippen LogP contribution in [-0.2, 0) is 0 Å². The van der Waals surface area contributed by atoms with Gasteiger partial charge in [0.2, 0.25) is 0 Å². The Kier molecular flexibility index (Phi) is 6.02. The van der Waals surface area contributed by atoms with Crippen molar-refractivity contribution in [1.29, 1.82) is 0 Å². The fourth-order valence-corrected chi connectivity index (χ4v) is 2.22. The Morgan fingerprint density at radius 2 is 1.83 bits per heavy atom. The quantitative estimate of drug-likeness (QED) is 0.358. The molecular weight excluding hydrogens is 330 g/mol. The lowest BCUT2D eigenvalue weighted by Crippen LogP contribution is -2.42. The van der Waals surface area contributed by atoms with E-state index in [-0.39, 0.29) is 5.11 Å². The summed E-state index contributed by atoms with van der Waals surface area (Å²) < 4.78 is 16.0. The summed E-state index contributed by atoms with van der Waals surface area (Å²) >= 11 is 5.21. The Morgan fingerprint density at radius 1 is 1.21 bits per heavy atom. The molecule has 0 fully saturated rings. The number of benzene rings is 1. The Balaban J connectivity index is 1.99. The molecule has 8 heteroatoms.